The van der Waals surface area contributed by atoms with Gasteiger partial charge in [0.1, 0.15) is 6.04 Å². The fourth-order valence-electron chi connectivity index (χ4n) is 5.21. The van der Waals surface area contributed by atoms with Crippen molar-refractivity contribution in [3.8, 4) is 0 Å². The number of fused-ring (bicyclic) bond motifs is 1. The number of unbranched alkanes of at least 4 members (excludes halogenated alkanes) is 1. The molecule has 1 amide bonds. The van der Waals surface area contributed by atoms with Gasteiger partial charge in [-0.2, -0.15) is 0 Å². The molecular weight excluding hydrogens is 470 g/mol. The van der Waals surface area contributed by atoms with Crippen LogP contribution in [0.3, 0.4) is 0 Å². The molecule has 0 radical (unpaired) electrons. The van der Waals surface area contributed by atoms with Crippen LogP contribution in [0.15, 0.2) is 54.6 Å². The van der Waals surface area contributed by atoms with Crippen molar-refractivity contribution in [2.75, 3.05) is 13.2 Å². The van der Waals surface area contributed by atoms with Crippen LogP contribution in [0.1, 0.15) is 49.3 Å². The van der Waals surface area contributed by atoms with Crippen molar-refractivity contribution < 1.29 is 24.2 Å². The minimum Gasteiger partial charge on any atom is -0.480 e. The highest BCUT2D eigenvalue weighted by molar-refractivity contribution is 5.91. The van der Waals surface area contributed by atoms with Crippen molar-refractivity contribution in [1.82, 2.24) is 4.90 Å². The highest BCUT2D eigenvalue weighted by atomic mass is 16.5. The largest absolute Gasteiger partial charge is 0.480 e. The fraction of sp³-hybridized carbons (Fsp3) is 0.483. The average Bonchev–Trinajstić information content (AvgIpc) is 3.32. The zero-order valence-corrected chi connectivity index (χ0v) is 21.6. The molecule has 8 heteroatoms. The topological polar surface area (TPSA) is 136 Å². The summed E-state index contributed by atoms with van der Waals surface area (Å²) in [4.78, 5) is 41.3. The van der Waals surface area contributed by atoms with E-state index in [-0.39, 0.29) is 13.0 Å². The highest BCUT2D eigenvalue weighted by Gasteiger charge is 2.46. The number of hydrogen-bond donors (Lipinski definition) is 3. The van der Waals surface area contributed by atoms with Crippen LogP contribution in [0.4, 0.5) is 0 Å². The van der Waals surface area contributed by atoms with E-state index in [9.17, 15) is 19.5 Å². The lowest BCUT2D eigenvalue weighted by Gasteiger charge is -2.39. The number of carboxylic acids is 1. The molecule has 3 atom stereocenters. The fourth-order valence-corrected chi connectivity index (χ4v) is 5.21. The van der Waals surface area contributed by atoms with Gasteiger partial charge in [0, 0.05) is 6.04 Å². The van der Waals surface area contributed by atoms with Gasteiger partial charge in [-0.15, -0.1) is 0 Å². The number of carbonyl (C=O) groups excluding carboxylic acids is 2. The number of aryl methyl sites for hydroxylation is 1. The Morgan fingerprint density at radius 3 is 2.19 bits per heavy atom. The molecule has 1 aliphatic rings. The lowest BCUT2D eigenvalue weighted by atomic mass is 9.89. The maximum atomic E-state index is 13.8. The molecule has 0 spiro atoms. The summed E-state index contributed by atoms with van der Waals surface area (Å²) in [6, 6.07) is 14.7. The van der Waals surface area contributed by atoms with Crippen LogP contribution in [0.2, 0.25) is 0 Å². The number of nitrogens with zero attached hydrogens (tertiary/aromatic N) is 1. The molecule has 3 rings (SSSR count). The van der Waals surface area contributed by atoms with E-state index in [1.807, 2.05) is 54.6 Å². The standard InChI is InChI=1S/C29H39N3O5/c1-2-37-29(36)24(16-15-20-10-4-3-5-11-20)26(28(34)35)32(27(33)25(31)14-8-9-17-30)23-18-21-12-6-7-13-22(21)19-23/h3-7,10-13,23-26H,2,8-9,14-19,30-31H2,1H3,(H,34,35)/t24-,25+,26?/m1/s1. The molecule has 5 N–H and O–H groups in total. The lowest BCUT2D eigenvalue weighted by molar-refractivity contribution is -0.164. The van der Waals surface area contributed by atoms with E-state index < -0.39 is 41.9 Å². The van der Waals surface area contributed by atoms with Crippen molar-refractivity contribution >= 4 is 17.8 Å². The monoisotopic (exact) mass is 509 g/mol. The molecule has 37 heavy (non-hydrogen) atoms. The van der Waals surface area contributed by atoms with Crippen molar-refractivity contribution in [3.63, 3.8) is 0 Å². The van der Waals surface area contributed by atoms with Crippen molar-refractivity contribution in [3.05, 3.63) is 71.3 Å². The first-order valence-electron chi connectivity index (χ1n) is 13.1. The number of nitrogens with two attached hydrogens (primary N) is 2. The second kappa shape index (κ2) is 13.9. The number of carbonyl (C=O) groups is 3. The predicted octanol–water partition coefficient (Wildman–Crippen LogP) is 2.70. The van der Waals surface area contributed by atoms with Crippen LogP contribution in [0.25, 0.3) is 0 Å². The molecule has 200 valence electrons. The maximum absolute atomic E-state index is 13.8. The molecule has 0 saturated carbocycles. The Bertz CT molecular complexity index is 1020. The van der Waals surface area contributed by atoms with E-state index in [0.717, 1.165) is 23.1 Å². The quantitative estimate of drug-likeness (QED) is 0.263. The second-order valence-electron chi connectivity index (χ2n) is 9.63. The number of benzene rings is 2. The van der Waals surface area contributed by atoms with Crippen LogP contribution in [-0.4, -0.2) is 59.1 Å². The van der Waals surface area contributed by atoms with Gasteiger partial charge in [0.05, 0.1) is 18.6 Å². The molecule has 0 aromatic heterocycles. The van der Waals surface area contributed by atoms with Crippen molar-refractivity contribution in [1.29, 1.82) is 0 Å². The Balaban J connectivity index is 1.97. The van der Waals surface area contributed by atoms with Gasteiger partial charge in [0.25, 0.3) is 0 Å². The minimum atomic E-state index is -1.39. The van der Waals surface area contributed by atoms with Gasteiger partial charge < -0.3 is 26.2 Å². The summed E-state index contributed by atoms with van der Waals surface area (Å²) in [7, 11) is 0. The number of esters is 1. The molecule has 0 heterocycles. The Morgan fingerprint density at radius 1 is 1.00 bits per heavy atom. The smallest absolute Gasteiger partial charge is 0.327 e. The predicted molar refractivity (Wildman–Crippen MR) is 142 cm³/mol. The van der Waals surface area contributed by atoms with E-state index in [4.69, 9.17) is 16.2 Å². The van der Waals surface area contributed by atoms with Crippen LogP contribution in [0, 0.1) is 5.92 Å². The number of rotatable bonds is 14. The van der Waals surface area contributed by atoms with E-state index in [1.54, 1.807) is 6.92 Å². The Morgan fingerprint density at radius 2 is 1.62 bits per heavy atom. The van der Waals surface area contributed by atoms with Gasteiger partial charge >= 0.3 is 11.9 Å². The molecule has 2 aromatic carbocycles. The number of carboxylic acid groups (broad SMARTS) is 1. The SMILES string of the molecule is CCOC(=O)[C@H](CCc1ccccc1)C(C(=O)O)N(C(=O)[C@@H](N)CCCCN)C1Cc2ccccc2C1. The number of amides is 1. The number of ether oxygens (including phenoxy) is 1. The van der Waals surface area contributed by atoms with Crippen LogP contribution in [-0.2, 0) is 38.4 Å². The van der Waals surface area contributed by atoms with E-state index in [1.165, 1.54) is 4.90 Å². The van der Waals surface area contributed by atoms with Crippen molar-refractivity contribution in [2.24, 2.45) is 17.4 Å². The third kappa shape index (κ3) is 7.40. The third-order valence-electron chi connectivity index (χ3n) is 7.07. The first-order chi connectivity index (χ1) is 17.9. The van der Waals surface area contributed by atoms with Crippen molar-refractivity contribution in [2.45, 2.75) is 70.0 Å². The van der Waals surface area contributed by atoms with Gasteiger partial charge in [0.2, 0.25) is 5.91 Å². The third-order valence-corrected chi connectivity index (χ3v) is 7.07. The van der Waals surface area contributed by atoms with Gasteiger partial charge in [-0.1, -0.05) is 61.0 Å². The molecule has 2 aromatic rings. The highest BCUT2D eigenvalue weighted by Crippen LogP contribution is 2.31. The molecule has 0 aliphatic heterocycles. The Kier molecular flexibility index (Phi) is 10.7. The summed E-state index contributed by atoms with van der Waals surface area (Å²) in [5.41, 5.74) is 15.1. The van der Waals surface area contributed by atoms with Crippen LogP contribution >= 0.6 is 0 Å². The van der Waals surface area contributed by atoms with Gasteiger partial charge in [-0.25, -0.2) is 4.79 Å². The molecule has 8 nitrogen and oxygen atoms in total. The summed E-state index contributed by atoms with van der Waals surface area (Å²) in [5, 5.41) is 10.5. The summed E-state index contributed by atoms with van der Waals surface area (Å²) in [6.45, 7) is 2.30. The average molecular weight is 510 g/mol. The van der Waals surface area contributed by atoms with Gasteiger partial charge in [-0.05, 0) is 68.7 Å². The summed E-state index contributed by atoms with van der Waals surface area (Å²) >= 11 is 0. The molecule has 1 aliphatic carbocycles. The molecule has 1 unspecified atom stereocenters. The molecule has 0 fully saturated rings. The van der Waals surface area contributed by atoms with E-state index in [0.29, 0.717) is 38.6 Å². The van der Waals surface area contributed by atoms with Crippen LogP contribution < -0.4 is 11.5 Å². The van der Waals surface area contributed by atoms with Gasteiger partial charge in [0.15, 0.2) is 0 Å². The normalized spacial score (nSPS) is 15.4. The van der Waals surface area contributed by atoms with Crippen LogP contribution in [0.5, 0.6) is 0 Å². The molecular formula is C29H39N3O5. The summed E-state index contributed by atoms with van der Waals surface area (Å²) < 4.78 is 5.33. The van der Waals surface area contributed by atoms with E-state index in [2.05, 4.69) is 0 Å². The minimum absolute atomic E-state index is 0.119. The maximum Gasteiger partial charge on any atom is 0.327 e. The number of hydrogen-bond acceptors (Lipinski definition) is 6. The lowest BCUT2D eigenvalue weighted by Crippen LogP contribution is -2.59. The first kappa shape index (κ1) is 28.3. The molecule has 0 saturated heterocycles. The molecule has 0 bridgehead atoms. The first-order valence-corrected chi connectivity index (χ1v) is 13.1. The Hall–Kier alpha value is -3.23. The zero-order valence-electron chi connectivity index (χ0n) is 21.6. The van der Waals surface area contributed by atoms with Gasteiger partial charge in [-0.3, -0.25) is 9.59 Å². The van der Waals surface area contributed by atoms with E-state index >= 15 is 0 Å². The summed E-state index contributed by atoms with van der Waals surface area (Å²) in [6.07, 6.45) is 3.50. The number of aliphatic carboxylic acids is 1. The Labute approximate surface area is 219 Å². The summed E-state index contributed by atoms with van der Waals surface area (Å²) in [5.74, 6) is -3.33. The second-order valence-corrected chi connectivity index (χ2v) is 9.63. The zero-order chi connectivity index (χ0) is 26.8.